The summed E-state index contributed by atoms with van der Waals surface area (Å²) in [6.45, 7) is 4.60. The van der Waals surface area contributed by atoms with Gasteiger partial charge in [0.1, 0.15) is 0 Å². The van der Waals surface area contributed by atoms with Crippen LogP contribution in [0.2, 0.25) is 0 Å². The number of hydrogen-bond acceptors (Lipinski definition) is 4. The van der Waals surface area contributed by atoms with E-state index in [0.29, 0.717) is 0 Å². The summed E-state index contributed by atoms with van der Waals surface area (Å²) in [6, 6.07) is 10.3. The molecule has 2 unspecified atom stereocenters. The first kappa shape index (κ1) is 14.5. The van der Waals surface area contributed by atoms with Gasteiger partial charge < -0.3 is 10.6 Å². The number of aromatic nitrogens is 1. The van der Waals surface area contributed by atoms with Crippen LogP contribution in [0.5, 0.6) is 0 Å². The van der Waals surface area contributed by atoms with Crippen LogP contribution in [0, 0.1) is 5.92 Å². The summed E-state index contributed by atoms with van der Waals surface area (Å²) in [5, 5.41) is 3.33. The number of anilines is 1. The SMILES string of the molecule is CC1CCCN(c2nc(CC(N)c3ccccc3)cs2)C1. The Morgan fingerprint density at radius 1 is 1.38 bits per heavy atom. The van der Waals surface area contributed by atoms with Crippen molar-refractivity contribution < 1.29 is 0 Å². The zero-order valence-electron chi connectivity index (χ0n) is 12.5. The summed E-state index contributed by atoms with van der Waals surface area (Å²) in [5.74, 6) is 0.776. The maximum absolute atomic E-state index is 6.29. The standard InChI is InChI=1S/C17H23N3S/c1-13-6-5-9-20(11-13)17-19-15(12-21-17)10-16(18)14-7-3-2-4-8-14/h2-4,7-8,12-13,16H,5-6,9-11,18H2,1H3. The number of piperidine rings is 1. The topological polar surface area (TPSA) is 42.2 Å². The highest BCUT2D eigenvalue weighted by molar-refractivity contribution is 7.13. The number of nitrogens with two attached hydrogens (primary N) is 1. The quantitative estimate of drug-likeness (QED) is 0.938. The second kappa shape index (κ2) is 6.58. The molecule has 112 valence electrons. The molecule has 2 N–H and O–H groups in total. The summed E-state index contributed by atoms with van der Waals surface area (Å²) in [4.78, 5) is 7.23. The molecule has 4 heteroatoms. The summed E-state index contributed by atoms with van der Waals surface area (Å²) in [5.41, 5.74) is 8.58. The molecule has 1 saturated heterocycles. The Morgan fingerprint density at radius 3 is 2.95 bits per heavy atom. The second-order valence-corrected chi connectivity index (χ2v) is 6.87. The molecule has 0 amide bonds. The number of nitrogens with zero attached hydrogens (tertiary/aromatic N) is 2. The van der Waals surface area contributed by atoms with Crippen molar-refractivity contribution in [3.63, 3.8) is 0 Å². The van der Waals surface area contributed by atoms with Crippen LogP contribution in [0.15, 0.2) is 35.7 Å². The van der Waals surface area contributed by atoms with Crippen molar-refractivity contribution in [3.05, 3.63) is 47.0 Å². The van der Waals surface area contributed by atoms with Crippen LogP contribution in [0.1, 0.15) is 37.1 Å². The average molecular weight is 301 g/mol. The van der Waals surface area contributed by atoms with Crippen molar-refractivity contribution in [3.8, 4) is 0 Å². The van der Waals surface area contributed by atoms with E-state index in [4.69, 9.17) is 10.7 Å². The lowest BCUT2D eigenvalue weighted by atomic mass is 10.0. The van der Waals surface area contributed by atoms with E-state index < -0.39 is 0 Å². The molecule has 0 spiro atoms. The van der Waals surface area contributed by atoms with Crippen molar-refractivity contribution in [2.24, 2.45) is 11.7 Å². The first-order valence-electron chi connectivity index (χ1n) is 7.72. The van der Waals surface area contributed by atoms with Crippen molar-refractivity contribution in [2.45, 2.75) is 32.2 Å². The summed E-state index contributed by atoms with van der Waals surface area (Å²) < 4.78 is 0. The molecular formula is C17H23N3S. The Morgan fingerprint density at radius 2 is 2.19 bits per heavy atom. The first-order valence-corrected chi connectivity index (χ1v) is 8.60. The highest BCUT2D eigenvalue weighted by Crippen LogP contribution is 2.27. The molecule has 1 aliphatic rings. The summed E-state index contributed by atoms with van der Waals surface area (Å²) in [6.07, 6.45) is 3.43. The van der Waals surface area contributed by atoms with E-state index in [1.165, 1.54) is 18.4 Å². The number of benzene rings is 1. The van der Waals surface area contributed by atoms with Crippen LogP contribution in [-0.4, -0.2) is 18.1 Å². The Labute approximate surface area is 130 Å². The maximum atomic E-state index is 6.29. The fraction of sp³-hybridized carbons (Fsp3) is 0.471. The predicted molar refractivity (Wildman–Crippen MR) is 89.8 cm³/mol. The highest BCUT2D eigenvalue weighted by atomic mass is 32.1. The van der Waals surface area contributed by atoms with E-state index >= 15 is 0 Å². The molecule has 0 radical (unpaired) electrons. The average Bonchev–Trinajstić information content (AvgIpc) is 2.97. The molecule has 1 aromatic heterocycles. The first-order chi connectivity index (χ1) is 10.2. The van der Waals surface area contributed by atoms with Crippen LogP contribution in [0.4, 0.5) is 5.13 Å². The van der Waals surface area contributed by atoms with E-state index in [-0.39, 0.29) is 6.04 Å². The van der Waals surface area contributed by atoms with E-state index in [0.717, 1.165) is 36.3 Å². The van der Waals surface area contributed by atoms with Gasteiger partial charge in [-0.1, -0.05) is 37.3 Å². The zero-order chi connectivity index (χ0) is 14.7. The Kier molecular flexibility index (Phi) is 4.56. The largest absolute Gasteiger partial charge is 0.348 e. The van der Waals surface area contributed by atoms with Crippen LogP contribution < -0.4 is 10.6 Å². The summed E-state index contributed by atoms with van der Waals surface area (Å²) >= 11 is 1.75. The molecule has 1 fully saturated rings. The molecule has 2 atom stereocenters. The van der Waals surface area contributed by atoms with Gasteiger partial charge in [-0.2, -0.15) is 0 Å². The van der Waals surface area contributed by atoms with Gasteiger partial charge in [0.2, 0.25) is 0 Å². The van der Waals surface area contributed by atoms with Gasteiger partial charge in [0.05, 0.1) is 5.69 Å². The van der Waals surface area contributed by atoms with Gasteiger partial charge >= 0.3 is 0 Å². The number of hydrogen-bond donors (Lipinski definition) is 1. The van der Waals surface area contributed by atoms with Gasteiger partial charge in [-0.15, -0.1) is 11.3 Å². The van der Waals surface area contributed by atoms with Crippen molar-refractivity contribution in [2.75, 3.05) is 18.0 Å². The van der Waals surface area contributed by atoms with E-state index in [9.17, 15) is 0 Å². The molecular weight excluding hydrogens is 278 g/mol. The van der Waals surface area contributed by atoms with Crippen LogP contribution in [0.25, 0.3) is 0 Å². The fourth-order valence-electron chi connectivity index (χ4n) is 2.94. The smallest absolute Gasteiger partial charge is 0.185 e. The molecule has 0 saturated carbocycles. The van der Waals surface area contributed by atoms with Gasteiger partial charge in [-0.05, 0) is 24.3 Å². The molecule has 21 heavy (non-hydrogen) atoms. The number of thiazole rings is 1. The summed E-state index contributed by atoms with van der Waals surface area (Å²) in [7, 11) is 0. The van der Waals surface area contributed by atoms with Crippen LogP contribution in [-0.2, 0) is 6.42 Å². The molecule has 2 aromatic rings. The molecule has 0 aliphatic carbocycles. The Hall–Kier alpha value is -1.39. The van der Waals surface area contributed by atoms with E-state index in [1.807, 2.05) is 18.2 Å². The Bertz CT molecular complexity index is 566. The third-order valence-corrected chi connectivity index (χ3v) is 5.07. The molecule has 3 nitrogen and oxygen atoms in total. The monoisotopic (exact) mass is 301 g/mol. The minimum Gasteiger partial charge on any atom is -0.348 e. The van der Waals surface area contributed by atoms with Crippen molar-refractivity contribution >= 4 is 16.5 Å². The zero-order valence-corrected chi connectivity index (χ0v) is 13.4. The minimum atomic E-state index is 0.0291. The number of rotatable bonds is 4. The predicted octanol–water partition coefficient (Wildman–Crippen LogP) is 3.62. The van der Waals surface area contributed by atoms with Gasteiger partial charge in [-0.25, -0.2) is 4.98 Å². The van der Waals surface area contributed by atoms with Gasteiger partial charge in [0.25, 0.3) is 0 Å². The van der Waals surface area contributed by atoms with Crippen molar-refractivity contribution in [1.82, 2.24) is 4.98 Å². The third kappa shape index (κ3) is 3.63. The second-order valence-electron chi connectivity index (χ2n) is 6.04. The lowest BCUT2D eigenvalue weighted by Gasteiger charge is -2.30. The van der Waals surface area contributed by atoms with Crippen LogP contribution in [0.3, 0.4) is 0 Å². The molecule has 1 aliphatic heterocycles. The van der Waals surface area contributed by atoms with E-state index in [1.54, 1.807) is 11.3 Å². The lowest BCUT2D eigenvalue weighted by Crippen LogP contribution is -2.34. The molecule has 2 heterocycles. The van der Waals surface area contributed by atoms with E-state index in [2.05, 4.69) is 29.3 Å². The maximum Gasteiger partial charge on any atom is 0.185 e. The normalized spacial score (nSPS) is 20.5. The van der Waals surface area contributed by atoms with Gasteiger partial charge in [0.15, 0.2) is 5.13 Å². The van der Waals surface area contributed by atoms with Gasteiger partial charge in [-0.3, -0.25) is 0 Å². The van der Waals surface area contributed by atoms with Crippen molar-refractivity contribution in [1.29, 1.82) is 0 Å². The minimum absolute atomic E-state index is 0.0291. The molecule has 3 rings (SSSR count). The highest BCUT2D eigenvalue weighted by Gasteiger charge is 2.19. The molecule has 0 bridgehead atoms. The van der Waals surface area contributed by atoms with Crippen LogP contribution >= 0.6 is 11.3 Å². The fourth-order valence-corrected chi connectivity index (χ4v) is 3.82. The lowest BCUT2D eigenvalue weighted by molar-refractivity contribution is 0.446. The van der Waals surface area contributed by atoms with Gasteiger partial charge in [0, 0.05) is 30.9 Å². The third-order valence-electron chi connectivity index (χ3n) is 4.12. The Balaban J connectivity index is 1.65. The molecule has 1 aromatic carbocycles.